The van der Waals surface area contributed by atoms with Crippen LogP contribution < -0.4 is 4.90 Å². The van der Waals surface area contributed by atoms with Crippen molar-refractivity contribution in [3.05, 3.63) is 49.2 Å². The fraction of sp³-hybridized carbons (Fsp3) is 0.613. The van der Waals surface area contributed by atoms with Gasteiger partial charge in [0.1, 0.15) is 11.9 Å². The zero-order valence-corrected chi connectivity index (χ0v) is 23.2. The van der Waals surface area contributed by atoms with Crippen molar-refractivity contribution in [1.29, 1.82) is 0 Å². The Morgan fingerprint density at radius 1 is 0.949 bits per heavy atom. The lowest BCUT2D eigenvalue weighted by Gasteiger charge is -2.37. The number of esters is 1. The molecule has 0 spiro atoms. The van der Waals surface area contributed by atoms with E-state index in [2.05, 4.69) is 21.4 Å². The van der Waals surface area contributed by atoms with Gasteiger partial charge >= 0.3 is 5.97 Å². The molecular formula is C31H44N4O4. The van der Waals surface area contributed by atoms with E-state index in [4.69, 9.17) is 4.74 Å². The van der Waals surface area contributed by atoms with E-state index in [-0.39, 0.29) is 36.2 Å². The number of unbranched alkanes of at least 4 members (excludes halogenated alkanes) is 6. The maximum absolute atomic E-state index is 13.1. The second kappa shape index (κ2) is 15.0. The van der Waals surface area contributed by atoms with Crippen molar-refractivity contribution in [2.45, 2.75) is 70.3 Å². The first kappa shape index (κ1) is 29.0. The molecule has 3 aliphatic rings. The summed E-state index contributed by atoms with van der Waals surface area (Å²) >= 11 is 0. The number of fused-ring (bicyclic) bond motifs is 1. The number of ether oxygens (including phenoxy) is 1. The van der Waals surface area contributed by atoms with E-state index in [1.54, 1.807) is 6.20 Å². The van der Waals surface area contributed by atoms with Gasteiger partial charge < -0.3 is 9.64 Å². The number of allylic oxidation sites excluding steroid dienone is 3. The zero-order chi connectivity index (χ0) is 27.5. The molecule has 2 saturated heterocycles. The van der Waals surface area contributed by atoms with E-state index in [0.717, 1.165) is 57.7 Å². The first-order chi connectivity index (χ1) is 19.1. The minimum absolute atomic E-state index is 0.119. The molecule has 1 unspecified atom stereocenters. The minimum Gasteiger partial charge on any atom is -0.459 e. The lowest BCUT2D eigenvalue weighted by atomic mass is 9.85. The SMILES string of the molecule is C=CCCCCCCCCC(=O)OC(CN1CCN(c2ccccn2)CC1)CN1C(=O)[C@H]2CC=CC[C@H]2C1=O. The molecule has 2 fully saturated rings. The number of anilines is 1. The number of nitrogens with zero attached hydrogens (tertiary/aromatic N) is 4. The van der Waals surface area contributed by atoms with Crippen LogP contribution in [0.25, 0.3) is 0 Å². The van der Waals surface area contributed by atoms with E-state index >= 15 is 0 Å². The predicted molar refractivity (Wildman–Crippen MR) is 152 cm³/mol. The zero-order valence-electron chi connectivity index (χ0n) is 23.2. The lowest BCUT2D eigenvalue weighted by molar-refractivity contribution is -0.155. The number of imide groups is 1. The summed E-state index contributed by atoms with van der Waals surface area (Å²) in [6, 6.07) is 5.92. The molecule has 0 saturated carbocycles. The molecule has 0 aromatic carbocycles. The highest BCUT2D eigenvalue weighted by Gasteiger charge is 2.48. The van der Waals surface area contributed by atoms with Crippen LogP contribution in [0.2, 0.25) is 0 Å². The highest BCUT2D eigenvalue weighted by atomic mass is 16.5. The van der Waals surface area contributed by atoms with Crippen molar-refractivity contribution in [3.63, 3.8) is 0 Å². The molecule has 1 aromatic heterocycles. The van der Waals surface area contributed by atoms with Gasteiger partial charge in [-0.25, -0.2) is 4.98 Å². The van der Waals surface area contributed by atoms with Crippen molar-refractivity contribution in [2.75, 3.05) is 44.2 Å². The molecule has 3 heterocycles. The molecule has 0 radical (unpaired) electrons. The second-order valence-corrected chi connectivity index (χ2v) is 11.0. The summed E-state index contributed by atoms with van der Waals surface area (Å²) < 4.78 is 5.96. The van der Waals surface area contributed by atoms with Crippen LogP contribution in [-0.2, 0) is 19.1 Å². The third kappa shape index (κ3) is 8.24. The monoisotopic (exact) mass is 536 g/mol. The van der Waals surface area contributed by atoms with E-state index < -0.39 is 6.10 Å². The van der Waals surface area contributed by atoms with Gasteiger partial charge in [-0.2, -0.15) is 0 Å². The first-order valence-electron chi connectivity index (χ1n) is 14.8. The number of carbonyl (C=O) groups is 3. The molecule has 8 nitrogen and oxygen atoms in total. The maximum Gasteiger partial charge on any atom is 0.306 e. The quantitative estimate of drug-likeness (QED) is 0.142. The molecule has 4 rings (SSSR count). The van der Waals surface area contributed by atoms with Gasteiger partial charge in [0, 0.05) is 45.3 Å². The highest BCUT2D eigenvalue weighted by Crippen LogP contribution is 2.35. The molecule has 2 aliphatic heterocycles. The van der Waals surface area contributed by atoms with Gasteiger partial charge in [0.05, 0.1) is 18.4 Å². The Morgan fingerprint density at radius 2 is 1.62 bits per heavy atom. The molecule has 3 atom stereocenters. The van der Waals surface area contributed by atoms with Gasteiger partial charge in [-0.3, -0.25) is 24.2 Å². The highest BCUT2D eigenvalue weighted by molar-refractivity contribution is 6.05. The number of likely N-dealkylation sites (tertiary alicyclic amines) is 1. The van der Waals surface area contributed by atoms with Crippen LogP contribution in [0, 0.1) is 11.8 Å². The van der Waals surface area contributed by atoms with Crippen LogP contribution in [0.15, 0.2) is 49.2 Å². The van der Waals surface area contributed by atoms with Gasteiger partial charge in [0.25, 0.3) is 0 Å². The summed E-state index contributed by atoms with van der Waals surface area (Å²) in [4.78, 5) is 49.4. The molecule has 1 aliphatic carbocycles. The molecule has 2 amide bonds. The van der Waals surface area contributed by atoms with Crippen LogP contribution >= 0.6 is 0 Å². The second-order valence-electron chi connectivity index (χ2n) is 11.0. The van der Waals surface area contributed by atoms with Crippen LogP contribution in [0.3, 0.4) is 0 Å². The number of amides is 2. The van der Waals surface area contributed by atoms with E-state index in [1.165, 1.54) is 24.2 Å². The largest absolute Gasteiger partial charge is 0.459 e. The summed E-state index contributed by atoms with van der Waals surface area (Å²) in [5.41, 5.74) is 0. The van der Waals surface area contributed by atoms with Crippen LogP contribution in [0.4, 0.5) is 5.82 Å². The standard InChI is InChI=1S/C31H44N4O4/c1-2-3-4-5-6-7-8-9-17-29(36)39-25(24-35-30(37)26-14-10-11-15-27(26)31(35)38)23-33-19-21-34(22-20-33)28-16-12-13-18-32-28/h2,10-13,16,18,25-27H,1,3-9,14-15,17,19-24H2/t25?,26-,27+. The Morgan fingerprint density at radius 3 is 2.26 bits per heavy atom. The summed E-state index contributed by atoms with van der Waals surface area (Å²) in [6.45, 7) is 7.65. The first-order valence-corrected chi connectivity index (χ1v) is 14.8. The van der Waals surface area contributed by atoms with Crippen molar-refractivity contribution in [3.8, 4) is 0 Å². The third-order valence-corrected chi connectivity index (χ3v) is 8.13. The summed E-state index contributed by atoms with van der Waals surface area (Å²) in [7, 11) is 0. The maximum atomic E-state index is 13.1. The topological polar surface area (TPSA) is 83.1 Å². The molecule has 0 N–H and O–H groups in total. The van der Waals surface area contributed by atoms with Crippen LogP contribution in [0.5, 0.6) is 0 Å². The summed E-state index contributed by atoms with van der Waals surface area (Å²) in [6.07, 6.45) is 16.3. The Hall–Kier alpha value is -3.00. The van der Waals surface area contributed by atoms with Gasteiger partial charge in [-0.15, -0.1) is 6.58 Å². The van der Waals surface area contributed by atoms with Gasteiger partial charge in [0.15, 0.2) is 0 Å². The normalized spacial score (nSPS) is 22.2. The van der Waals surface area contributed by atoms with Gasteiger partial charge in [0.2, 0.25) is 11.8 Å². The van der Waals surface area contributed by atoms with Crippen molar-refractivity contribution in [2.24, 2.45) is 11.8 Å². The number of pyridine rings is 1. The van der Waals surface area contributed by atoms with Crippen molar-refractivity contribution >= 4 is 23.6 Å². The summed E-state index contributed by atoms with van der Waals surface area (Å²) in [5, 5.41) is 0. The smallest absolute Gasteiger partial charge is 0.306 e. The number of carbonyl (C=O) groups excluding carboxylic acids is 3. The Bertz CT molecular complexity index is 964. The Labute approximate surface area is 233 Å². The van der Waals surface area contributed by atoms with Gasteiger partial charge in [-0.1, -0.05) is 50.0 Å². The molecule has 212 valence electrons. The number of rotatable bonds is 15. The average Bonchev–Trinajstić information content (AvgIpc) is 3.20. The van der Waals surface area contributed by atoms with Crippen molar-refractivity contribution in [1.82, 2.24) is 14.8 Å². The average molecular weight is 537 g/mol. The molecule has 0 bridgehead atoms. The molecular weight excluding hydrogens is 492 g/mol. The number of aromatic nitrogens is 1. The minimum atomic E-state index is -0.529. The fourth-order valence-corrected chi connectivity index (χ4v) is 5.88. The van der Waals surface area contributed by atoms with Crippen LogP contribution in [0.1, 0.15) is 64.2 Å². The third-order valence-electron chi connectivity index (χ3n) is 8.13. The fourth-order valence-electron chi connectivity index (χ4n) is 5.88. The van der Waals surface area contributed by atoms with Crippen molar-refractivity contribution < 1.29 is 19.1 Å². The molecule has 1 aromatic rings. The van der Waals surface area contributed by atoms with E-state index in [9.17, 15) is 14.4 Å². The van der Waals surface area contributed by atoms with E-state index in [1.807, 2.05) is 36.4 Å². The predicted octanol–water partition coefficient (Wildman–Crippen LogP) is 4.37. The number of hydrogen-bond acceptors (Lipinski definition) is 7. The van der Waals surface area contributed by atoms with E-state index in [0.29, 0.717) is 25.8 Å². The Balaban J connectivity index is 1.29. The summed E-state index contributed by atoms with van der Waals surface area (Å²) in [5.74, 6) is -0.0552. The lowest BCUT2D eigenvalue weighted by Crippen LogP contribution is -2.51. The molecule has 8 heteroatoms. The number of hydrogen-bond donors (Lipinski definition) is 0. The van der Waals surface area contributed by atoms with Gasteiger partial charge in [-0.05, 0) is 44.2 Å². The number of piperazine rings is 1. The Kier molecular flexibility index (Phi) is 11.1. The molecule has 39 heavy (non-hydrogen) atoms. The van der Waals surface area contributed by atoms with Crippen LogP contribution in [-0.4, -0.2) is 77.9 Å².